The molecule has 6 heteroatoms. The molecule has 0 spiro atoms. The molecule has 0 saturated heterocycles. The van der Waals surface area contributed by atoms with Gasteiger partial charge in [0.1, 0.15) is 12.4 Å². The first-order chi connectivity index (χ1) is 8.63. The molecule has 0 aliphatic heterocycles. The second-order valence-corrected chi connectivity index (χ2v) is 3.54. The van der Waals surface area contributed by atoms with Crippen LogP contribution in [0.3, 0.4) is 0 Å². The number of nitriles is 1. The van der Waals surface area contributed by atoms with Crippen LogP contribution >= 0.6 is 0 Å². The van der Waals surface area contributed by atoms with Crippen molar-refractivity contribution >= 4 is 0 Å². The molecular formula is C12H8FN3O2. The Balaban J connectivity index is 2.58. The molecule has 18 heavy (non-hydrogen) atoms. The second kappa shape index (κ2) is 4.67. The van der Waals surface area contributed by atoms with Gasteiger partial charge in [-0.25, -0.2) is 4.39 Å². The molecule has 5 nitrogen and oxygen atoms in total. The first kappa shape index (κ1) is 11.8. The zero-order valence-electron chi connectivity index (χ0n) is 9.21. The Morgan fingerprint density at radius 2 is 1.78 bits per heavy atom. The summed E-state index contributed by atoms with van der Waals surface area (Å²) in [5.41, 5.74) is -1.18. The van der Waals surface area contributed by atoms with Crippen LogP contribution in [0.5, 0.6) is 0 Å². The normalized spacial score (nSPS) is 10.0. The zero-order chi connectivity index (χ0) is 13.1. The van der Waals surface area contributed by atoms with Crippen LogP contribution in [0.15, 0.2) is 46.2 Å². The Kier molecular flexibility index (Phi) is 3.06. The maximum absolute atomic E-state index is 12.8. The van der Waals surface area contributed by atoms with E-state index in [0.29, 0.717) is 5.69 Å². The van der Waals surface area contributed by atoms with Crippen LogP contribution in [0, 0.1) is 17.1 Å². The molecule has 0 bridgehead atoms. The van der Waals surface area contributed by atoms with Crippen molar-refractivity contribution in [3.63, 3.8) is 0 Å². The topological polar surface area (TPSA) is 67.8 Å². The Bertz CT molecular complexity index is 723. The van der Waals surface area contributed by atoms with Gasteiger partial charge < -0.3 is 0 Å². The van der Waals surface area contributed by atoms with E-state index in [-0.39, 0.29) is 6.54 Å². The highest BCUT2D eigenvalue weighted by Gasteiger charge is 2.06. The van der Waals surface area contributed by atoms with Gasteiger partial charge in [-0.2, -0.15) is 5.26 Å². The minimum absolute atomic E-state index is 0.182. The van der Waals surface area contributed by atoms with Gasteiger partial charge in [-0.3, -0.25) is 18.7 Å². The van der Waals surface area contributed by atoms with Crippen molar-refractivity contribution in [2.45, 2.75) is 6.54 Å². The molecule has 1 aromatic heterocycles. The van der Waals surface area contributed by atoms with E-state index in [1.807, 2.05) is 0 Å². The minimum Gasteiger partial charge on any atom is -0.295 e. The third-order valence-corrected chi connectivity index (χ3v) is 2.40. The summed E-state index contributed by atoms with van der Waals surface area (Å²) < 4.78 is 14.9. The molecule has 0 atom stereocenters. The van der Waals surface area contributed by atoms with Crippen molar-refractivity contribution < 1.29 is 4.39 Å². The lowest BCUT2D eigenvalue weighted by Crippen LogP contribution is -2.39. The van der Waals surface area contributed by atoms with Gasteiger partial charge in [0, 0.05) is 18.1 Å². The highest BCUT2D eigenvalue weighted by molar-refractivity contribution is 5.31. The van der Waals surface area contributed by atoms with Gasteiger partial charge >= 0.3 is 11.1 Å². The van der Waals surface area contributed by atoms with Crippen LogP contribution in [0.25, 0.3) is 5.69 Å². The predicted octanol–water partition coefficient (Wildman–Crippen LogP) is 0.662. The maximum atomic E-state index is 12.8. The second-order valence-electron chi connectivity index (χ2n) is 3.54. The van der Waals surface area contributed by atoms with E-state index in [9.17, 15) is 14.0 Å². The summed E-state index contributed by atoms with van der Waals surface area (Å²) in [5.74, 6) is -0.426. The molecule has 0 saturated carbocycles. The molecule has 0 amide bonds. The molecular weight excluding hydrogens is 237 g/mol. The van der Waals surface area contributed by atoms with E-state index in [1.165, 1.54) is 36.7 Å². The number of benzene rings is 1. The smallest absolute Gasteiger partial charge is 0.295 e. The maximum Gasteiger partial charge on any atom is 0.321 e. The molecule has 0 fully saturated rings. The predicted molar refractivity (Wildman–Crippen MR) is 61.9 cm³/mol. The molecule has 0 N–H and O–H groups in total. The van der Waals surface area contributed by atoms with Crippen LogP contribution in [-0.4, -0.2) is 9.13 Å². The van der Waals surface area contributed by atoms with Crippen LogP contribution in [-0.2, 0) is 6.54 Å². The monoisotopic (exact) mass is 245 g/mol. The lowest BCUT2D eigenvalue weighted by molar-refractivity contribution is 0.627. The van der Waals surface area contributed by atoms with Gasteiger partial charge in [0.15, 0.2) is 0 Å². The molecule has 1 aromatic carbocycles. The number of halogens is 1. The van der Waals surface area contributed by atoms with E-state index >= 15 is 0 Å². The number of hydrogen-bond donors (Lipinski definition) is 0. The van der Waals surface area contributed by atoms with E-state index in [2.05, 4.69) is 0 Å². The average molecular weight is 245 g/mol. The van der Waals surface area contributed by atoms with Crippen LogP contribution < -0.4 is 11.1 Å². The molecule has 0 aliphatic rings. The van der Waals surface area contributed by atoms with Crippen molar-refractivity contribution in [3.8, 4) is 11.8 Å². The average Bonchev–Trinajstić information content (AvgIpc) is 2.37. The summed E-state index contributed by atoms with van der Waals surface area (Å²) in [5, 5.41) is 8.49. The third kappa shape index (κ3) is 2.06. The number of nitrogens with zero attached hydrogens (tertiary/aromatic N) is 3. The minimum atomic E-state index is -0.789. The summed E-state index contributed by atoms with van der Waals surface area (Å²) in [4.78, 5) is 23.4. The van der Waals surface area contributed by atoms with Crippen LogP contribution in [0.4, 0.5) is 4.39 Å². The molecule has 0 unspecified atom stereocenters. The van der Waals surface area contributed by atoms with Crippen molar-refractivity contribution in [3.05, 3.63) is 63.2 Å². The van der Waals surface area contributed by atoms with Crippen molar-refractivity contribution in [2.75, 3.05) is 0 Å². The van der Waals surface area contributed by atoms with E-state index in [0.717, 1.165) is 9.13 Å². The summed E-state index contributed by atoms with van der Waals surface area (Å²) >= 11 is 0. The Hall–Kier alpha value is -2.68. The van der Waals surface area contributed by atoms with Crippen LogP contribution in [0.2, 0.25) is 0 Å². The quantitative estimate of drug-likeness (QED) is 0.730. The Morgan fingerprint density at radius 1 is 1.11 bits per heavy atom. The van der Waals surface area contributed by atoms with Gasteiger partial charge in [0.2, 0.25) is 0 Å². The van der Waals surface area contributed by atoms with Gasteiger partial charge in [-0.05, 0) is 24.3 Å². The summed E-state index contributed by atoms with van der Waals surface area (Å²) in [7, 11) is 0. The lowest BCUT2D eigenvalue weighted by atomic mass is 10.3. The molecule has 2 rings (SSSR count). The number of hydrogen-bond acceptors (Lipinski definition) is 3. The Labute approximate surface area is 101 Å². The fourth-order valence-corrected chi connectivity index (χ4v) is 1.51. The number of aromatic nitrogens is 2. The zero-order valence-corrected chi connectivity index (χ0v) is 9.21. The summed E-state index contributed by atoms with van der Waals surface area (Å²) in [6, 6.07) is 6.97. The van der Waals surface area contributed by atoms with E-state index < -0.39 is 16.9 Å². The highest BCUT2D eigenvalue weighted by Crippen LogP contribution is 2.05. The Morgan fingerprint density at radius 3 is 2.39 bits per heavy atom. The van der Waals surface area contributed by atoms with Crippen molar-refractivity contribution in [1.29, 1.82) is 5.26 Å². The highest BCUT2D eigenvalue weighted by atomic mass is 19.1. The van der Waals surface area contributed by atoms with Crippen LogP contribution in [0.1, 0.15) is 0 Å². The standard InChI is InChI=1S/C12H8FN3O2/c13-9-1-3-10(4-2-9)16-8-7-15(6-5-14)11(17)12(16)18/h1-4,7-8H,6H2. The van der Waals surface area contributed by atoms with Gasteiger partial charge in [0.25, 0.3) is 0 Å². The molecule has 0 aliphatic carbocycles. The van der Waals surface area contributed by atoms with Gasteiger partial charge in [0.05, 0.1) is 6.07 Å². The van der Waals surface area contributed by atoms with Gasteiger partial charge in [-0.1, -0.05) is 0 Å². The molecule has 1 heterocycles. The largest absolute Gasteiger partial charge is 0.321 e. The summed E-state index contributed by atoms with van der Waals surface area (Å²) in [6.07, 6.45) is 2.71. The lowest BCUT2D eigenvalue weighted by Gasteiger charge is -2.06. The fourth-order valence-electron chi connectivity index (χ4n) is 1.51. The number of rotatable bonds is 2. The van der Waals surface area contributed by atoms with Crippen molar-refractivity contribution in [2.24, 2.45) is 0 Å². The van der Waals surface area contributed by atoms with Gasteiger partial charge in [-0.15, -0.1) is 0 Å². The van der Waals surface area contributed by atoms with E-state index in [1.54, 1.807) is 6.07 Å². The third-order valence-electron chi connectivity index (χ3n) is 2.40. The molecule has 2 aromatic rings. The molecule has 90 valence electrons. The first-order valence-corrected chi connectivity index (χ1v) is 5.08. The fraction of sp³-hybridized carbons (Fsp3) is 0.0833. The molecule has 0 radical (unpaired) electrons. The SMILES string of the molecule is N#CCn1ccn(-c2ccc(F)cc2)c(=O)c1=O. The van der Waals surface area contributed by atoms with Crippen molar-refractivity contribution in [1.82, 2.24) is 9.13 Å². The summed E-state index contributed by atoms with van der Waals surface area (Å²) in [6.45, 7) is -0.182. The van der Waals surface area contributed by atoms with E-state index in [4.69, 9.17) is 5.26 Å². The first-order valence-electron chi connectivity index (χ1n) is 5.08.